The lowest BCUT2D eigenvalue weighted by atomic mass is 10.0. The van der Waals surface area contributed by atoms with Crippen LogP contribution < -0.4 is 5.32 Å². The molecule has 3 rings (SSSR count). The summed E-state index contributed by atoms with van der Waals surface area (Å²) >= 11 is 0. The number of urea groups is 1. The summed E-state index contributed by atoms with van der Waals surface area (Å²) in [5.74, 6) is 1.02. The van der Waals surface area contributed by atoms with Crippen molar-refractivity contribution < 1.29 is 9.59 Å². The molecule has 3 amide bonds. The monoisotopic (exact) mass is 371 g/mol. The highest BCUT2D eigenvalue weighted by Crippen LogP contribution is 2.28. The molecule has 1 N–H and O–H groups in total. The van der Waals surface area contributed by atoms with Crippen molar-refractivity contribution in [3.63, 3.8) is 0 Å². The van der Waals surface area contributed by atoms with E-state index in [-0.39, 0.29) is 11.9 Å². The SMILES string of the molecule is CCc1ccc(NC(=O)N2CCCN(C(=O)CCC3CCCC3)CC2)cc1. The molecule has 148 valence electrons. The molecule has 0 radical (unpaired) electrons. The van der Waals surface area contributed by atoms with Gasteiger partial charge < -0.3 is 15.1 Å². The number of rotatable bonds is 5. The van der Waals surface area contributed by atoms with Crippen molar-refractivity contribution in [1.82, 2.24) is 9.80 Å². The van der Waals surface area contributed by atoms with E-state index in [1.807, 2.05) is 34.1 Å². The highest BCUT2D eigenvalue weighted by Gasteiger charge is 2.23. The molecule has 1 saturated carbocycles. The average Bonchev–Trinajstić information content (AvgIpc) is 3.09. The number of nitrogens with one attached hydrogen (secondary N) is 1. The van der Waals surface area contributed by atoms with Crippen LogP contribution in [0.2, 0.25) is 0 Å². The lowest BCUT2D eigenvalue weighted by molar-refractivity contribution is -0.131. The molecule has 0 spiro atoms. The van der Waals surface area contributed by atoms with Gasteiger partial charge in [-0.25, -0.2) is 4.79 Å². The van der Waals surface area contributed by atoms with E-state index < -0.39 is 0 Å². The van der Waals surface area contributed by atoms with Gasteiger partial charge in [-0.2, -0.15) is 0 Å². The second kappa shape index (κ2) is 9.77. The highest BCUT2D eigenvalue weighted by atomic mass is 16.2. The fourth-order valence-electron chi connectivity index (χ4n) is 4.18. The van der Waals surface area contributed by atoms with Crippen LogP contribution in [0.3, 0.4) is 0 Å². The molecule has 5 heteroatoms. The normalized spacial score (nSPS) is 18.4. The predicted molar refractivity (Wildman–Crippen MR) is 109 cm³/mol. The smallest absolute Gasteiger partial charge is 0.321 e. The average molecular weight is 372 g/mol. The molecule has 1 aromatic carbocycles. The van der Waals surface area contributed by atoms with E-state index in [0.29, 0.717) is 26.1 Å². The van der Waals surface area contributed by atoms with Gasteiger partial charge in [-0.3, -0.25) is 4.79 Å². The van der Waals surface area contributed by atoms with Crippen LogP contribution in [0.1, 0.15) is 57.4 Å². The van der Waals surface area contributed by atoms with E-state index in [1.54, 1.807) is 0 Å². The van der Waals surface area contributed by atoms with Gasteiger partial charge in [-0.1, -0.05) is 44.7 Å². The Hall–Kier alpha value is -2.04. The Labute approximate surface area is 163 Å². The third-order valence-corrected chi connectivity index (χ3v) is 5.99. The summed E-state index contributed by atoms with van der Waals surface area (Å²) in [4.78, 5) is 28.9. The maximum atomic E-state index is 12.6. The number of hydrogen-bond acceptors (Lipinski definition) is 2. The second-order valence-electron chi connectivity index (χ2n) is 7.89. The summed E-state index contributed by atoms with van der Waals surface area (Å²) in [6.45, 7) is 4.83. The summed E-state index contributed by atoms with van der Waals surface area (Å²) in [5, 5.41) is 2.98. The van der Waals surface area contributed by atoms with Gasteiger partial charge in [-0.15, -0.1) is 0 Å². The standard InChI is InChI=1S/C22H33N3O2/c1-2-18-8-11-20(12-9-18)23-22(27)25-15-5-14-24(16-17-25)21(26)13-10-19-6-3-4-7-19/h8-9,11-12,19H,2-7,10,13-17H2,1H3,(H,23,27). The molecule has 5 nitrogen and oxygen atoms in total. The van der Waals surface area contributed by atoms with Crippen LogP contribution in [0.25, 0.3) is 0 Å². The fourth-order valence-corrected chi connectivity index (χ4v) is 4.18. The molecular weight excluding hydrogens is 338 g/mol. The third kappa shape index (κ3) is 5.72. The molecule has 2 fully saturated rings. The lowest BCUT2D eigenvalue weighted by Crippen LogP contribution is -2.39. The number of nitrogens with zero attached hydrogens (tertiary/aromatic N) is 2. The van der Waals surface area contributed by atoms with Crippen LogP contribution in [0.5, 0.6) is 0 Å². The number of anilines is 1. The zero-order chi connectivity index (χ0) is 19.1. The van der Waals surface area contributed by atoms with Crippen molar-refractivity contribution >= 4 is 17.6 Å². The van der Waals surface area contributed by atoms with Gasteiger partial charge in [0.05, 0.1) is 0 Å². The van der Waals surface area contributed by atoms with Crippen molar-refractivity contribution in [3.05, 3.63) is 29.8 Å². The summed E-state index contributed by atoms with van der Waals surface area (Å²) in [5.41, 5.74) is 2.08. The highest BCUT2D eigenvalue weighted by molar-refractivity contribution is 5.89. The van der Waals surface area contributed by atoms with Gasteiger partial charge in [0.15, 0.2) is 0 Å². The molecule has 1 heterocycles. The van der Waals surface area contributed by atoms with E-state index in [0.717, 1.165) is 37.4 Å². The van der Waals surface area contributed by atoms with Crippen LogP contribution >= 0.6 is 0 Å². The Morgan fingerprint density at radius 2 is 1.63 bits per heavy atom. The van der Waals surface area contributed by atoms with Crippen LogP contribution in [0.15, 0.2) is 24.3 Å². The summed E-state index contributed by atoms with van der Waals surface area (Å²) in [6.07, 6.45) is 8.78. The topological polar surface area (TPSA) is 52.7 Å². The lowest BCUT2D eigenvalue weighted by Gasteiger charge is -2.23. The molecule has 2 aliphatic rings. The Bertz CT molecular complexity index is 623. The minimum absolute atomic E-state index is 0.0699. The maximum absolute atomic E-state index is 12.6. The molecule has 0 bridgehead atoms. The van der Waals surface area contributed by atoms with Crippen molar-refractivity contribution in [2.24, 2.45) is 5.92 Å². The molecule has 0 unspecified atom stereocenters. The molecule has 0 atom stereocenters. The minimum atomic E-state index is -0.0699. The van der Waals surface area contributed by atoms with Crippen LogP contribution in [-0.2, 0) is 11.2 Å². The van der Waals surface area contributed by atoms with Gasteiger partial charge >= 0.3 is 6.03 Å². The molecule has 1 saturated heterocycles. The number of amides is 3. The first kappa shape index (κ1) is 19.7. The number of benzene rings is 1. The first-order valence-corrected chi connectivity index (χ1v) is 10.6. The van der Waals surface area contributed by atoms with Gasteiger partial charge in [0, 0.05) is 38.3 Å². The Morgan fingerprint density at radius 1 is 0.963 bits per heavy atom. The van der Waals surface area contributed by atoms with E-state index in [9.17, 15) is 9.59 Å². The Morgan fingerprint density at radius 3 is 2.33 bits per heavy atom. The first-order valence-electron chi connectivity index (χ1n) is 10.6. The van der Waals surface area contributed by atoms with E-state index in [4.69, 9.17) is 0 Å². The number of carbonyl (C=O) groups excluding carboxylic acids is 2. The Kier molecular flexibility index (Phi) is 7.13. The molecule has 1 aromatic rings. The van der Waals surface area contributed by atoms with E-state index in [2.05, 4.69) is 12.2 Å². The molecule has 0 aromatic heterocycles. The first-order chi connectivity index (χ1) is 13.2. The number of carbonyl (C=O) groups is 2. The fraction of sp³-hybridized carbons (Fsp3) is 0.636. The molecule has 1 aliphatic heterocycles. The Balaban J connectivity index is 1.45. The largest absolute Gasteiger partial charge is 0.341 e. The van der Waals surface area contributed by atoms with Crippen molar-refractivity contribution in [2.75, 3.05) is 31.5 Å². The summed E-state index contributed by atoms with van der Waals surface area (Å²) < 4.78 is 0. The number of aryl methyl sites for hydroxylation is 1. The predicted octanol–water partition coefficient (Wildman–Crippen LogP) is 4.29. The molecule has 1 aliphatic carbocycles. The zero-order valence-corrected chi connectivity index (χ0v) is 16.6. The van der Waals surface area contributed by atoms with Gasteiger partial charge in [0.2, 0.25) is 5.91 Å². The minimum Gasteiger partial charge on any atom is -0.341 e. The number of hydrogen-bond donors (Lipinski definition) is 1. The van der Waals surface area contributed by atoms with Crippen molar-refractivity contribution in [2.45, 2.75) is 58.3 Å². The molecule has 27 heavy (non-hydrogen) atoms. The van der Waals surface area contributed by atoms with Gasteiger partial charge in [0.1, 0.15) is 0 Å². The molecular formula is C22H33N3O2. The van der Waals surface area contributed by atoms with Crippen molar-refractivity contribution in [3.8, 4) is 0 Å². The maximum Gasteiger partial charge on any atom is 0.321 e. The summed E-state index contributed by atoms with van der Waals surface area (Å²) in [6, 6.07) is 7.92. The van der Waals surface area contributed by atoms with Crippen LogP contribution in [0, 0.1) is 5.92 Å². The summed E-state index contributed by atoms with van der Waals surface area (Å²) in [7, 11) is 0. The third-order valence-electron chi connectivity index (χ3n) is 5.99. The van der Waals surface area contributed by atoms with Crippen LogP contribution in [0.4, 0.5) is 10.5 Å². The van der Waals surface area contributed by atoms with E-state index >= 15 is 0 Å². The second-order valence-corrected chi connectivity index (χ2v) is 7.89. The van der Waals surface area contributed by atoms with Crippen LogP contribution in [-0.4, -0.2) is 47.9 Å². The zero-order valence-electron chi connectivity index (χ0n) is 16.6. The van der Waals surface area contributed by atoms with Crippen molar-refractivity contribution in [1.29, 1.82) is 0 Å². The van der Waals surface area contributed by atoms with Gasteiger partial charge in [-0.05, 0) is 42.9 Å². The van der Waals surface area contributed by atoms with Gasteiger partial charge in [0.25, 0.3) is 0 Å². The van der Waals surface area contributed by atoms with E-state index in [1.165, 1.54) is 31.2 Å². The quantitative estimate of drug-likeness (QED) is 0.840.